The summed E-state index contributed by atoms with van der Waals surface area (Å²) in [5, 5.41) is 0. The fourth-order valence-corrected chi connectivity index (χ4v) is 3.99. The van der Waals surface area contributed by atoms with Crippen LogP contribution in [0.4, 0.5) is 0 Å². The Morgan fingerprint density at radius 2 is 1.40 bits per heavy atom. The van der Waals surface area contributed by atoms with Gasteiger partial charge in [0.2, 0.25) is 0 Å². The third-order valence-electron chi connectivity index (χ3n) is 5.76. The maximum atomic E-state index is 2.72. The van der Waals surface area contributed by atoms with Gasteiger partial charge in [0.15, 0.2) is 0 Å². The molecule has 0 saturated carbocycles. The molecule has 2 saturated heterocycles. The van der Waals surface area contributed by atoms with Gasteiger partial charge in [0.05, 0.1) is 0 Å². The van der Waals surface area contributed by atoms with E-state index in [1.807, 2.05) is 0 Å². The van der Waals surface area contributed by atoms with E-state index in [0.717, 1.165) is 12.0 Å². The van der Waals surface area contributed by atoms with Gasteiger partial charge in [-0.15, -0.1) is 0 Å². The summed E-state index contributed by atoms with van der Waals surface area (Å²) < 4.78 is 0. The topological polar surface area (TPSA) is 6.48 Å². The SMILES string of the molecule is CC(C)CCCN1CCC2(CC1)CCN(C(C)C)CC2. The third-order valence-corrected chi connectivity index (χ3v) is 5.76. The molecule has 2 fully saturated rings. The fourth-order valence-electron chi connectivity index (χ4n) is 3.99. The van der Waals surface area contributed by atoms with Gasteiger partial charge in [-0.05, 0) is 96.4 Å². The first-order valence-electron chi connectivity index (χ1n) is 8.97. The molecule has 0 N–H and O–H groups in total. The largest absolute Gasteiger partial charge is 0.303 e. The Balaban J connectivity index is 1.69. The predicted molar refractivity (Wildman–Crippen MR) is 88.1 cm³/mol. The Morgan fingerprint density at radius 1 is 0.850 bits per heavy atom. The molecule has 0 aromatic rings. The lowest BCUT2D eigenvalue weighted by atomic mass is 9.71. The summed E-state index contributed by atoms with van der Waals surface area (Å²) >= 11 is 0. The van der Waals surface area contributed by atoms with E-state index in [2.05, 4.69) is 37.5 Å². The van der Waals surface area contributed by atoms with Crippen molar-refractivity contribution in [2.75, 3.05) is 32.7 Å². The fraction of sp³-hybridized carbons (Fsp3) is 1.00. The molecule has 2 heteroatoms. The average Bonchev–Trinajstić information content (AvgIpc) is 2.41. The van der Waals surface area contributed by atoms with Crippen LogP contribution in [0.3, 0.4) is 0 Å². The molecule has 0 amide bonds. The zero-order valence-electron chi connectivity index (χ0n) is 14.3. The van der Waals surface area contributed by atoms with Gasteiger partial charge in [0.1, 0.15) is 0 Å². The summed E-state index contributed by atoms with van der Waals surface area (Å²) in [6, 6.07) is 0.739. The van der Waals surface area contributed by atoms with Crippen LogP contribution in [0.25, 0.3) is 0 Å². The van der Waals surface area contributed by atoms with E-state index in [1.54, 1.807) is 0 Å². The van der Waals surface area contributed by atoms with Crippen molar-refractivity contribution in [2.24, 2.45) is 11.3 Å². The lowest BCUT2D eigenvalue weighted by molar-refractivity contribution is 0.0246. The Bertz CT molecular complexity index is 267. The van der Waals surface area contributed by atoms with Crippen LogP contribution in [0.5, 0.6) is 0 Å². The summed E-state index contributed by atoms with van der Waals surface area (Å²) in [6.07, 6.45) is 8.61. The number of rotatable bonds is 5. The first-order valence-corrected chi connectivity index (χ1v) is 8.97. The second-order valence-electron chi connectivity index (χ2n) is 8.01. The van der Waals surface area contributed by atoms with Crippen molar-refractivity contribution in [1.82, 2.24) is 9.80 Å². The van der Waals surface area contributed by atoms with E-state index in [1.165, 1.54) is 71.2 Å². The van der Waals surface area contributed by atoms with E-state index in [4.69, 9.17) is 0 Å². The predicted octanol–water partition coefficient (Wildman–Crippen LogP) is 4.01. The standard InChI is InChI=1S/C18H36N2/c1-16(2)6-5-11-19-12-7-18(8-13-19)9-14-20(15-10-18)17(3)4/h16-17H,5-15H2,1-4H3. The van der Waals surface area contributed by atoms with E-state index in [0.29, 0.717) is 5.41 Å². The van der Waals surface area contributed by atoms with E-state index in [9.17, 15) is 0 Å². The summed E-state index contributed by atoms with van der Waals surface area (Å²) in [5.41, 5.74) is 0.708. The number of hydrogen-bond donors (Lipinski definition) is 0. The van der Waals surface area contributed by atoms with E-state index in [-0.39, 0.29) is 0 Å². The number of piperidine rings is 2. The molecule has 118 valence electrons. The van der Waals surface area contributed by atoms with Crippen molar-refractivity contribution < 1.29 is 0 Å². The van der Waals surface area contributed by atoms with Crippen molar-refractivity contribution in [1.29, 1.82) is 0 Å². The zero-order chi connectivity index (χ0) is 14.6. The second-order valence-corrected chi connectivity index (χ2v) is 8.01. The Labute approximate surface area is 126 Å². The molecule has 0 aromatic heterocycles. The molecule has 0 radical (unpaired) electrons. The Morgan fingerprint density at radius 3 is 1.90 bits per heavy atom. The zero-order valence-corrected chi connectivity index (χ0v) is 14.3. The normalized spacial score (nSPS) is 24.9. The van der Waals surface area contributed by atoms with Gasteiger partial charge >= 0.3 is 0 Å². The molecule has 2 aliphatic rings. The monoisotopic (exact) mass is 280 g/mol. The molecular weight excluding hydrogens is 244 g/mol. The highest BCUT2D eigenvalue weighted by atomic mass is 15.2. The van der Waals surface area contributed by atoms with Crippen LogP contribution in [-0.4, -0.2) is 48.6 Å². The maximum Gasteiger partial charge on any atom is 0.00385 e. The molecule has 2 heterocycles. The Kier molecular flexibility index (Phi) is 5.92. The summed E-state index contributed by atoms with van der Waals surface area (Å²) in [4.78, 5) is 5.39. The van der Waals surface area contributed by atoms with Crippen LogP contribution in [0.15, 0.2) is 0 Å². The Hall–Kier alpha value is -0.0800. The van der Waals surface area contributed by atoms with Crippen molar-refractivity contribution in [3.05, 3.63) is 0 Å². The van der Waals surface area contributed by atoms with Crippen molar-refractivity contribution in [2.45, 2.75) is 72.3 Å². The molecule has 0 unspecified atom stereocenters. The van der Waals surface area contributed by atoms with Crippen LogP contribution in [0, 0.1) is 11.3 Å². The van der Waals surface area contributed by atoms with Crippen LogP contribution in [0.2, 0.25) is 0 Å². The highest BCUT2D eigenvalue weighted by Gasteiger charge is 2.37. The van der Waals surface area contributed by atoms with Gasteiger partial charge in [0.25, 0.3) is 0 Å². The van der Waals surface area contributed by atoms with Gasteiger partial charge in [-0.1, -0.05) is 13.8 Å². The molecule has 2 nitrogen and oxygen atoms in total. The summed E-state index contributed by atoms with van der Waals surface area (Å²) in [6.45, 7) is 16.1. The van der Waals surface area contributed by atoms with Crippen molar-refractivity contribution >= 4 is 0 Å². The highest BCUT2D eigenvalue weighted by molar-refractivity contribution is 4.91. The van der Waals surface area contributed by atoms with Gasteiger partial charge in [-0.2, -0.15) is 0 Å². The van der Waals surface area contributed by atoms with Gasteiger partial charge in [-0.3, -0.25) is 0 Å². The van der Waals surface area contributed by atoms with E-state index >= 15 is 0 Å². The van der Waals surface area contributed by atoms with Crippen molar-refractivity contribution in [3.63, 3.8) is 0 Å². The smallest absolute Gasteiger partial charge is 0.00385 e. The van der Waals surface area contributed by atoms with Crippen LogP contribution < -0.4 is 0 Å². The number of hydrogen-bond acceptors (Lipinski definition) is 2. The first kappa shape index (κ1) is 16.3. The molecule has 2 rings (SSSR count). The average molecular weight is 281 g/mol. The molecule has 0 bridgehead atoms. The number of likely N-dealkylation sites (tertiary alicyclic amines) is 2. The summed E-state index contributed by atoms with van der Waals surface area (Å²) in [7, 11) is 0. The minimum atomic E-state index is 0.708. The maximum absolute atomic E-state index is 2.72. The molecule has 2 aliphatic heterocycles. The van der Waals surface area contributed by atoms with Gasteiger partial charge in [-0.25, -0.2) is 0 Å². The molecule has 20 heavy (non-hydrogen) atoms. The summed E-state index contributed by atoms with van der Waals surface area (Å²) in [5.74, 6) is 0.867. The van der Waals surface area contributed by atoms with Gasteiger partial charge < -0.3 is 9.80 Å². The molecule has 0 aliphatic carbocycles. The molecule has 0 atom stereocenters. The van der Waals surface area contributed by atoms with Gasteiger partial charge in [0, 0.05) is 6.04 Å². The third kappa shape index (κ3) is 4.46. The van der Waals surface area contributed by atoms with Crippen molar-refractivity contribution in [3.8, 4) is 0 Å². The molecule has 0 aromatic carbocycles. The van der Waals surface area contributed by atoms with E-state index < -0.39 is 0 Å². The van der Waals surface area contributed by atoms with Crippen LogP contribution >= 0.6 is 0 Å². The lowest BCUT2D eigenvalue weighted by Crippen LogP contribution is -2.48. The second kappa shape index (κ2) is 7.26. The molecular formula is C18H36N2. The quantitative estimate of drug-likeness (QED) is 0.751. The van der Waals surface area contributed by atoms with Crippen LogP contribution in [-0.2, 0) is 0 Å². The highest BCUT2D eigenvalue weighted by Crippen LogP contribution is 2.41. The first-order chi connectivity index (χ1) is 9.51. The van der Waals surface area contributed by atoms with Crippen LogP contribution in [0.1, 0.15) is 66.2 Å². The minimum absolute atomic E-state index is 0.708. The number of nitrogens with zero attached hydrogens (tertiary/aromatic N) is 2. The minimum Gasteiger partial charge on any atom is -0.303 e. The molecule has 1 spiro atoms. The lowest BCUT2D eigenvalue weighted by Gasteiger charge is -2.47.